The quantitative estimate of drug-likeness (QED) is 0.883. The Balaban J connectivity index is 2.18. The van der Waals surface area contributed by atoms with E-state index in [2.05, 4.69) is 55.3 Å². The summed E-state index contributed by atoms with van der Waals surface area (Å²) in [6.45, 7) is 10.4. The highest BCUT2D eigenvalue weighted by Gasteiger charge is 2.22. The van der Waals surface area contributed by atoms with Crippen LogP contribution in [0.15, 0.2) is 24.3 Å². The molecule has 19 heavy (non-hydrogen) atoms. The second kappa shape index (κ2) is 6.92. The Labute approximate surface area is 116 Å². The predicted molar refractivity (Wildman–Crippen MR) is 80.8 cm³/mol. The van der Waals surface area contributed by atoms with Gasteiger partial charge in [-0.2, -0.15) is 0 Å². The van der Waals surface area contributed by atoms with Crippen LogP contribution in [0.25, 0.3) is 0 Å². The summed E-state index contributed by atoms with van der Waals surface area (Å²) in [6.07, 6.45) is 1.46. The largest absolute Gasteiger partial charge is 0.375 e. The van der Waals surface area contributed by atoms with Gasteiger partial charge in [-0.3, -0.25) is 0 Å². The Hall–Kier alpha value is -1.06. The third-order valence-corrected chi connectivity index (χ3v) is 3.85. The molecule has 0 bridgehead atoms. The van der Waals surface area contributed by atoms with E-state index >= 15 is 0 Å². The second-order valence-corrected chi connectivity index (χ2v) is 5.19. The molecule has 0 radical (unpaired) electrons. The highest BCUT2D eigenvalue weighted by Crippen LogP contribution is 2.28. The van der Waals surface area contributed by atoms with Gasteiger partial charge in [0.1, 0.15) is 0 Å². The molecule has 1 fully saturated rings. The van der Waals surface area contributed by atoms with Gasteiger partial charge in [0.2, 0.25) is 0 Å². The van der Waals surface area contributed by atoms with Gasteiger partial charge in [-0.15, -0.1) is 0 Å². The van der Waals surface area contributed by atoms with Crippen LogP contribution in [0.1, 0.15) is 38.8 Å². The number of para-hydroxylation sites is 1. The summed E-state index contributed by atoms with van der Waals surface area (Å²) in [4.78, 5) is 2.47. The molecule has 106 valence electrons. The molecule has 1 aromatic carbocycles. The zero-order valence-corrected chi connectivity index (χ0v) is 12.4. The molecule has 0 saturated carbocycles. The maximum atomic E-state index is 5.77. The number of ether oxygens (including phenoxy) is 1. The first-order valence-corrected chi connectivity index (χ1v) is 7.45. The lowest BCUT2D eigenvalue weighted by Gasteiger charge is -2.36. The molecule has 3 nitrogen and oxygen atoms in total. The van der Waals surface area contributed by atoms with Crippen LogP contribution in [0, 0.1) is 0 Å². The summed E-state index contributed by atoms with van der Waals surface area (Å²) in [7, 11) is 0. The lowest BCUT2D eigenvalue weighted by atomic mass is 10.0. The summed E-state index contributed by atoms with van der Waals surface area (Å²) >= 11 is 0. The molecule has 2 rings (SSSR count). The molecular formula is C16H26N2O. The highest BCUT2D eigenvalue weighted by atomic mass is 16.5. The molecule has 2 atom stereocenters. The maximum absolute atomic E-state index is 5.77. The third-order valence-electron chi connectivity index (χ3n) is 3.85. The van der Waals surface area contributed by atoms with Gasteiger partial charge in [-0.25, -0.2) is 0 Å². The van der Waals surface area contributed by atoms with E-state index < -0.39 is 0 Å². The topological polar surface area (TPSA) is 24.5 Å². The number of hydrogen-bond donors (Lipinski definition) is 1. The molecule has 1 N–H and O–H groups in total. The van der Waals surface area contributed by atoms with Crippen molar-refractivity contribution in [3.05, 3.63) is 29.8 Å². The Morgan fingerprint density at radius 2 is 2.16 bits per heavy atom. The fraction of sp³-hybridized carbons (Fsp3) is 0.625. The van der Waals surface area contributed by atoms with Gasteiger partial charge in [0.25, 0.3) is 0 Å². The first-order chi connectivity index (χ1) is 9.26. The molecule has 0 spiro atoms. The third kappa shape index (κ3) is 3.48. The number of rotatable bonds is 5. The predicted octanol–water partition coefficient (Wildman–Crippen LogP) is 2.97. The van der Waals surface area contributed by atoms with E-state index in [0.717, 1.165) is 32.7 Å². The Kier molecular flexibility index (Phi) is 5.23. The first-order valence-electron chi connectivity index (χ1n) is 7.45. The maximum Gasteiger partial charge on any atom is 0.0748 e. The zero-order chi connectivity index (χ0) is 13.7. The van der Waals surface area contributed by atoms with Crippen LogP contribution in [-0.4, -0.2) is 32.3 Å². The van der Waals surface area contributed by atoms with E-state index in [4.69, 9.17) is 4.74 Å². The van der Waals surface area contributed by atoms with Crippen molar-refractivity contribution in [2.75, 3.05) is 31.1 Å². The van der Waals surface area contributed by atoms with Crippen molar-refractivity contribution in [1.29, 1.82) is 0 Å². The fourth-order valence-electron chi connectivity index (χ4n) is 2.74. The summed E-state index contributed by atoms with van der Waals surface area (Å²) < 4.78 is 5.77. The molecule has 0 aromatic heterocycles. The van der Waals surface area contributed by atoms with Crippen LogP contribution in [-0.2, 0) is 4.74 Å². The normalized spacial score (nSPS) is 21.4. The van der Waals surface area contributed by atoms with E-state index in [9.17, 15) is 0 Å². The van der Waals surface area contributed by atoms with E-state index in [-0.39, 0.29) is 0 Å². The van der Waals surface area contributed by atoms with Gasteiger partial charge in [0, 0.05) is 24.8 Å². The SMILES string of the molecule is CCNC(C)c1ccccc1N1CCOC(CC)C1. The van der Waals surface area contributed by atoms with Crippen molar-refractivity contribution < 1.29 is 4.74 Å². The van der Waals surface area contributed by atoms with Crippen molar-refractivity contribution in [1.82, 2.24) is 5.32 Å². The molecule has 1 saturated heterocycles. The van der Waals surface area contributed by atoms with E-state index in [1.165, 1.54) is 11.3 Å². The van der Waals surface area contributed by atoms with Gasteiger partial charge < -0.3 is 15.0 Å². The monoisotopic (exact) mass is 262 g/mol. The van der Waals surface area contributed by atoms with Gasteiger partial charge in [0.15, 0.2) is 0 Å². The van der Waals surface area contributed by atoms with Crippen molar-refractivity contribution >= 4 is 5.69 Å². The number of nitrogens with zero attached hydrogens (tertiary/aromatic N) is 1. The van der Waals surface area contributed by atoms with Crippen molar-refractivity contribution in [2.24, 2.45) is 0 Å². The number of nitrogens with one attached hydrogen (secondary N) is 1. The number of benzene rings is 1. The van der Waals surface area contributed by atoms with Gasteiger partial charge in [-0.05, 0) is 31.5 Å². The van der Waals surface area contributed by atoms with E-state index in [1.807, 2.05) is 0 Å². The molecule has 1 aromatic rings. The molecule has 0 aliphatic carbocycles. The number of hydrogen-bond acceptors (Lipinski definition) is 3. The second-order valence-electron chi connectivity index (χ2n) is 5.19. The Morgan fingerprint density at radius 1 is 1.37 bits per heavy atom. The summed E-state index contributed by atoms with van der Waals surface area (Å²) in [5, 5.41) is 3.51. The van der Waals surface area contributed by atoms with Crippen molar-refractivity contribution in [2.45, 2.75) is 39.3 Å². The average molecular weight is 262 g/mol. The van der Waals surface area contributed by atoms with Gasteiger partial charge >= 0.3 is 0 Å². The van der Waals surface area contributed by atoms with E-state index in [0.29, 0.717) is 12.1 Å². The average Bonchev–Trinajstić information content (AvgIpc) is 2.47. The smallest absolute Gasteiger partial charge is 0.0748 e. The highest BCUT2D eigenvalue weighted by molar-refractivity contribution is 5.55. The fourth-order valence-corrected chi connectivity index (χ4v) is 2.74. The molecule has 1 heterocycles. The van der Waals surface area contributed by atoms with Crippen LogP contribution >= 0.6 is 0 Å². The van der Waals surface area contributed by atoms with Crippen LogP contribution < -0.4 is 10.2 Å². The summed E-state index contributed by atoms with van der Waals surface area (Å²) in [5.41, 5.74) is 2.75. The molecule has 1 aliphatic rings. The van der Waals surface area contributed by atoms with Crippen molar-refractivity contribution in [3.8, 4) is 0 Å². The summed E-state index contributed by atoms with van der Waals surface area (Å²) in [6, 6.07) is 9.13. The van der Waals surface area contributed by atoms with Crippen LogP contribution in [0.5, 0.6) is 0 Å². The Bertz CT molecular complexity index is 394. The molecule has 2 unspecified atom stereocenters. The zero-order valence-electron chi connectivity index (χ0n) is 12.4. The van der Waals surface area contributed by atoms with Gasteiger partial charge in [-0.1, -0.05) is 32.0 Å². The molecule has 3 heteroatoms. The molecular weight excluding hydrogens is 236 g/mol. The van der Waals surface area contributed by atoms with Crippen LogP contribution in [0.3, 0.4) is 0 Å². The minimum absolute atomic E-state index is 0.372. The number of morpholine rings is 1. The summed E-state index contributed by atoms with van der Waals surface area (Å²) in [5.74, 6) is 0. The van der Waals surface area contributed by atoms with Crippen LogP contribution in [0.4, 0.5) is 5.69 Å². The standard InChI is InChI=1S/C16H26N2O/c1-4-14-12-18(10-11-19-14)16-9-7-6-8-15(16)13(3)17-5-2/h6-9,13-14,17H,4-5,10-12H2,1-3H3. The minimum Gasteiger partial charge on any atom is -0.375 e. The van der Waals surface area contributed by atoms with Crippen molar-refractivity contribution in [3.63, 3.8) is 0 Å². The molecule has 1 aliphatic heterocycles. The lowest BCUT2D eigenvalue weighted by molar-refractivity contribution is 0.0383. The minimum atomic E-state index is 0.372. The number of anilines is 1. The van der Waals surface area contributed by atoms with Gasteiger partial charge in [0.05, 0.1) is 12.7 Å². The van der Waals surface area contributed by atoms with Crippen LogP contribution in [0.2, 0.25) is 0 Å². The Morgan fingerprint density at radius 3 is 2.89 bits per heavy atom. The molecule has 0 amide bonds. The first kappa shape index (κ1) is 14.4. The lowest BCUT2D eigenvalue weighted by Crippen LogP contribution is -2.42. The van der Waals surface area contributed by atoms with E-state index in [1.54, 1.807) is 0 Å².